The highest BCUT2D eigenvalue weighted by molar-refractivity contribution is 5.72. The van der Waals surface area contributed by atoms with Gasteiger partial charge in [-0.3, -0.25) is 0 Å². The first kappa shape index (κ1) is 18.6. The molecular formula is C24H30N2O3. The number of nitrogens with zero attached hydrogens (tertiary/aromatic N) is 1. The van der Waals surface area contributed by atoms with Crippen LogP contribution in [0.5, 0.6) is 0 Å². The molecule has 1 fully saturated rings. The Labute approximate surface area is 172 Å². The van der Waals surface area contributed by atoms with Gasteiger partial charge in [-0.2, -0.15) is 0 Å². The van der Waals surface area contributed by atoms with Gasteiger partial charge < -0.3 is 19.4 Å². The number of aryl methyl sites for hydroxylation is 1. The van der Waals surface area contributed by atoms with Crippen LogP contribution in [0.25, 0.3) is 0 Å². The monoisotopic (exact) mass is 394 g/mol. The van der Waals surface area contributed by atoms with Crippen molar-refractivity contribution in [2.24, 2.45) is 5.92 Å². The smallest absolute Gasteiger partial charge is 0.410 e. The number of anilines is 1. The van der Waals surface area contributed by atoms with Gasteiger partial charge in [0.2, 0.25) is 0 Å². The van der Waals surface area contributed by atoms with E-state index in [2.05, 4.69) is 17.4 Å². The van der Waals surface area contributed by atoms with Gasteiger partial charge in [0.15, 0.2) is 0 Å². The van der Waals surface area contributed by atoms with E-state index in [1.54, 1.807) is 6.26 Å². The van der Waals surface area contributed by atoms with Crippen molar-refractivity contribution >= 4 is 11.8 Å². The van der Waals surface area contributed by atoms with Crippen molar-refractivity contribution < 1.29 is 13.9 Å². The number of benzene rings is 1. The standard InChI is InChI=1S/C24H30N2O3/c1-24(2,3)29-23(27)26-13-12-18-21(19-9-6-14-28-19)25-20-16-8-5-4-7-15(16)10-11-17(20)22(18)26/h6,9-11,14,18,21-22,25H,4-5,7-8,12-13H2,1-3H3/t18-,21+,22+/m1/s1. The molecule has 3 aliphatic rings. The summed E-state index contributed by atoms with van der Waals surface area (Å²) in [5.41, 5.74) is 4.84. The van der Waals surface area contributed by atoms with Gasteiger partial charge >= 0.3 is 6.09 Å². The van der Waals surface area contributed by atoms with Gasteiger partial charge in [0.05, 0.1) is 18.3 Å². The maximum atomic E-state index is 13.1. The number of fused-ring (bicyclic) bond motifs is 5. The van der Waals surface area contributed by atoms with E-state index in [0.29, 0.717) is 6.54 Å². The van der Waals surface area contributed by atoms with Crippen LogP contribution in [0.4, 0.5) is 10.5 Å². The average Bonchev–Trinajstić information content (AvgIpc) is 3.36. The number of ether oxygens (including phenoxy) is 1. The largest absolute Gasteiger partial charge is 0.467 e. The van der Waals surface area contributed by atoms with Crippen LogP contribution in [0.15, 0.2) is 34.9 Å². The Morgan fingerprint density at radius 2 is 2.03 bits per heavy atom. The van der Waals surface area contributed by atoms with E-state index < -0.39 is 5.60 Å². The lowest BCUT2D eigenvalue weighted by Crippen LogP contribution is -2.40. The zero-order valence-corrected chi connectivity index (χ0v) is 17.5. The predicted molar refractivity (Wildman–Crippen MR) is 112 cm³/mol. The lowest BCUT2D eigenvalue weighted by molar-refractivity contribution is 0.0196. The molecule has 2 aromatic rings. The summed E-state index contributed by atoms with van der Waals surface area (Å²) >= 11 is 0. The maximum absolute atomic E-state index is 13.1. The first-order chi connectivity index (χ1) is 13.9. The van der Waals surface area contributed by atoms with Crippen LogP contribution < -0.4 is 5.32 Å². The Morgan fingerprint density at radius 1 is 1.21 bits per heavy atom. The molecule has 0 unspecified atom stereocenters. The summed E-state index contributed by atoms with van der Waals surface area (Å²) in [6.45, 7) is 6.49. The van der Waals surface area contributed by atoms with E-state index in [0.717, 1.165) is 25.0 Å². The zero-order chi connectivity index (χ0) is 20.2. The molecule has 1 N–H and O–H groups in total. The molecule has 3 atom stereocenters. The molecule has 1 aromatic heterocycles. The highest BCUT2D eigenvalue weighted by atomic mass is 16.6. The first-order valence-electron chi connectivity index (χ1n) is 10.9. The van der Waals surface area contributed by atoms with Crippen LogP contribution in [-0.2, 0) is 17.6 Å². The van der Waals surface area contributed by atoms with Gasteiger partial charge in [0.25, 0.3) is 0 Å². The minimum absolute atomic E-state index is 0.0171. The Kier molecular flexibility index (Phi) is 4.37. The molecule has 1 aromatic carbocycles. The van der Waals surface area contributed by atoms with Crippen molar-refractivity contribution in [3.8, 4) is 0 Å². The normalized spacial score (nSPS) is 25.6. The van der Waals surface area contributed by atoms with Gasteiger partial charge in [0.1, 0.15) is 11.4 Å². The fourth-order valence-electron chi connectivity index (χ4n) is 5.37. The molecule has 5 heteroatoms. The summed E-state index contributed by atoms with van der Waals surface area (Å²) < 4.78 is 11.6. The van der Waals surface area contributed by atoms with Crippen LogP contribution in [-0.4, -0.2) is 23.1 Å². The lowest BCUT2D eigenvalue weighted by atomic mass is 9.78. The number of hydrogen-bond acceptors (Lipinski definition) is 4. The van der Waals surface area contributed by atoms with Crippen molar-refractivity contribution in [2.45, 2.75) is 70.6 Å². The third-order valence-electron chi connectivity index (χ3n) is 6.53. The Balaban J connectivity index is 1.59. The van der Waals surface area contributed by atoms with Crippen LogP contribution in [0.3, 0.4) is 0 Å². The van der Waals surface area contributed by atoms with Gasteiger partial charge in [0, 0.05) is 18.2 Å². The molecule has 5 rings (SSSR count). The number of likely N-dealkylation sites (tertiary alicyclic amines) is 1. The van der Waals surface area contributed by atoms with Gasteiger partial charge in [-0.15, -0.1) is 0 Å². The topological polar surface area (TPSA) is 54.7 Å². The van der Waals surface area contributed by atoms with Crippen molar-refractivity contribution in [1.82, 2.24) is 4.90 Å². The summed E-state index contributed by atoms with van der Waals surface area (Å²) in [6.07, 6.45) is 7.17. The van der Waals surface area contributed by atoms with E-state index in [1.807, 2.05) is 37.8 Å². The molecule has 1 aliphatic carbocycles. The Morgan fingerprint density at radius 3 is 2.79 bits per heavy atom. The van der Waals surface area contributed by atoms with E-state index in [9.17, 15) is 4.79 Å². The minimum atomic E-state index is -0.499. The van der Waals surface area contributed by atoms with E-state index in [-0.39, 0.29) is 24.1 Å². The molecule has 1 amide bonds. The molecule has 5 nitrogen and oxygen atoms in total. The van der Waals surface area contributed by atoms with Crippen LogP contribution >= 0.6 is 0 Å². The van der Waals surface area contributed by atoms with Gasteiger partial charge in [-0.05, 0) is 81.7 Å². The predicted octanol–water partition coefficient (Wildman–Crippen LogP) is 5.62. The second-order valence-corrected chi connectivity index (χ2v) is 9.58. The van der Waals surface area contributed by atoms with Crippen molar-refractivity contribution in [1.29, 1.82) is 0 Å². The SMILES string of the molecule is CC(C)(C)OC(=O)N1CC[C@@H]2[C@@H](c3ccco3)Nc3c(ccc4c3CCCC4)[C@@H]21. The Bertz CT molecular complexity index is 913. The molecule has 1 saturated heterocycles. The molecule has 154 valence electrons. The lowest BCUT2D eigenvalue weighted by Gasteiger charge is -2.41. The molecule has 0 bridgehead atoms. The third-order valence-corrected chi connectivity index (χ3v) is 6.53. The highest BCUT2D eigenvalue weighted by Gasteiger charge is 2.48. The molecule has 0 radical (unpaired) electrons. The van der Waals surface area contributed by atoms with Crippen molar-refractivity contribution in [3.63, 3.8) is 0 Å². The van der Waals surface area contributed by atoms with Crippen LogP contribution in [0, 0.1) is 5.92 Å². The highest BCUT2D eigenvalue weighted by Crippen LogP contribution is 2.53. The fraction of sp³-hybridized carbons (Fsp3) is 0.542. The summed E-state index contributed by atoms with van der Waals surface area (Å²) in [7, 11) is 0. The maximum Gasteiger partial charge on any atom is 0.410 e. The quantitative estimate of drug-likeness (QED) is 0.682. The first-order valence-corrected chi connectivity index (χ1v) is 10.9. The van der Waals surface area contributed by atoms with Gasteiger partial charge in [-0.25, -0.2) is 4.79 Å². The Hall–Kier alpha value is -2.43. The summed E-state index contributed by atoms with van der Waals surface area (Å²) in [5, 5.41) is 3.83. The molecule has 29 heavy (non-hydrogen) atoms. The average molecular weight is 395 g/mol. The van der Waals surface area contributed by atoms with Crippen molar-refractivity contribution in [2.75, 3.05) is 11.9 Å². The second-order valence-electron chi connectivity index (χ2n) is 9.58. The molecule has 2 aliphatic heterocycles. The number of hydrogen-bond donors (Lipinski definition) is 1. The summed E-state index contributed by atoms with van der Waals surface area (Å²) in [6, 6.07) is 8.61. The summed E-state index contributed by atoms with van der Waals surface area (Å²) in [5.74, 6) is 1.22. The molecular weight excluding hydrogens is 364 g/mol. The second kappa shape index (κ2) is 6.82. The number of furan rings is 1. The minimum Gasteiger partial charge on any atom is -0.467 e. The van der Waals surface area contributed by atoms with E-state index in [1.165, 1.54) is 35.2 Å². The fourth-order valence-corrected chi connectivity index (χ4v) is 5.37. The number of carbonyl (C=O) groups is 1. The number of nitrogens with one attached hydrogen (secondary N) is 1. The van der Waals surface area contributed by atoms with Crippen LogP contribution in [0.2, 0.25) is 0 Å². The number of amides is 1. The van der Waals surface area contributed by atoms with E-state index >= 15 is 0 Å². The molecule has 0 spiro atoms. The van der Waals surface area contributed by atoms with Crippen molar-refractivity contribution in [3.05, 3.63) is 53.0 Å². The number of carbonyl (C=O) groups excluding carboxylic acids is 1. The summed E-state index contributed by atoms with van der Waals surface area (Å²) in [4.78, 5) is 15.0. The zero-order valence-electron chi connectivity index (χ0n) is 17.5. The van der Waals surface area contributed by atoms with Gasteiger partial charge in [-0.1, -0.05) is 12.1 Å². The molecule has 0 saturated carbocycles. The number of rotatable bonds is 1. The van der Waals surface area contributed by atoms with Crippen LogP contribution in [0.1, 0.15) is 74.6 Å². The third kappa shape index (κ3) is 3.21. The molecule has 3 heterocycles. The van der Waals surface area contributed by atoms with E-state index in [4.69, 9.17) is 9.15 Å².